The van der Waals surface area contributed by atoms with E-state index >= 15 is 0 Å². The first-order valence-electron chi connectivity index (χ1n) is 39.6. The molecule has 0 saturated carbocycles. The number of unbranched alkanes of at least 4 members (excludes halogenated alkanes) is 48. The summed E-state index contributed by atoms with van der Waals surface area (Å²) in [6, 6.07) is 0. The molecule has 0 bridgehead atoms. The fourth-order valence-electron chi connectivity index (χ4n) is 11.7. The summed E-state index contributed by atoms with van der Waals surface area (Å²) in [6.07, 6.45) is 58.2. The van der Waals surface area contributed by atoms with Gasteiger partial charge in [-0.25, -0.2) is 9.13 Å². The van der Waals surface area contributed by atoms with Crippen molar-refractivity contribution in [3.63, 3.8) is 0 Å². The van der Waals surface area contributed by atoms with Crippen molar-refractivity contribution in [1.29, 1.82) is 0 Å². The van der Waals surface area contributed by atoms with Gasteiger partial charge in [0.1, 0.15) is 19.3 Å². The molecule has 0 aliphatic carbocycles. The number of phosphoric ester groups is 2. The van der Waals surface area contributed by atoms with Crippen LogP contribution in [0.1, 0.15) is 401 Å². The van der Waals surface area contributed by atoms with Crippen molar-refractivity contribution in [2.45, 2.75) is 419 Å². The molecule has 0 aromatic rings. The Morgan fingerprint density at radius 3 is 0.716 bits per heavy atom. The summed E-state index contributed by atoms with van der Waals surface area (Å²) in [5.41, 5.74) is 0. The Balaban J connectivity index is 5.21. The second kappa shape index (κ2) is 69.2. The number of rotatable bonds is 76. The van der Waals surface area contributed by atoms with Gasteiger partial charge in [0.2, 0.25) is 0 Å². The summed E-state index contributed by atoms with van der Waals surface area (Å²) in [5.74, 6) is -1.32. The first-order valence-corrected chi connectivity index (χ1v) is 42.6. The Bertz CT molecular complexity index is 1820. The molecule has 17 nitrogen and oxygen atoms in total. The highest BCUT2D eigenvalue weighted by Crippen LogP contribution is 2.45. The lowest BCUT2D eigenvalue weighted by atomic mass is 10.0. The van der Waals surface area contributed by atoms with Gasteiger partial charge in [0.25, 0.3) is 0 Å². The molecule has 0 amide bonds. The van der Waals surface area contributed by atoms with Crippen LogP contribution in [0.15, 0.2) is 0 Å². The van der Waals surface area contributed by atoms with Crippen LogP contribution in [-0.4, -0.2) is 96.7 Å². The number of hydrogen-bond donors (Lipinski definition) is 3. The third-order valence-corrected chi connectivity index (χ3v) is 19.7. The lowest BCUT2D eigenvalue weighted by molar-refractivity contribution is -0.161. The Labute approximate surface area is 581 Å². The van der Waals surface area contributed by atoms with Crippen LogP contribution in [0.25, 0.3) is 0 Å². The molecule has 19 heteroatoms. The van der Waals surface area contributed by atoms with Gasteiger partial charge < -0.3 is 33.8 Å². The van der Waals surface area contributed by atoms with Gasteiger partial charge in [-0.15, -0.1) is 0 Å². The Hall–Kier alpha value is -1.94. The molecule has 0 heterocycles. The van der Waals surface area contributed by atoms with Gasteiger partial charge in [-0.3, -0.25) is 37.3 Å². The van der Waals surface area contributed by atoms with E-state index in [1.54, 1.807) is 0 Å². The predicted octanol–water partition coefficient (Wildman–Crippen LogP) is 22.5. The average molecular weight is 1400 g/mol. The molecule has 0 rings (SSSR count). The maximum absolute atomic E-state index is 13.1. The van der Waals surface area contributed by atoms with Gasteiger partial charge in [0.05, 0.1) is 26.4 Å². The molecule has 0 aliphatic heterocycles. The normalized spacial score (nSPS) is 13.9. The van der Waals surface area contributed by atoms with E-state index in [1.807, 2.05) is 0 Å². The van der Waals surface area contributed by atoms with Gasteiger partial charge in [0, 0.05) is 25.7 Å². The molecule has 95 heavy (non-hydrogen) atoms. The largest absolute Gasteiger partial charge is 0.472 e. The van der Waals surface area contributed by atoms with Gasteiger partial charge in [-0.1, -0.05) is 349 Å². The second-order valence-electron chi connectivity index (χ2n) is 27.9. The van der Waals surface area contributed by atoms with E-state index < -0.39 is 97.5 Å². The molecule has 0 aliphatic rings. The van der Waals surface area contributed by atoms with E-state index in [-0.39, 0.29) is 25.7 Å². The summed E-state index contributed by atoms with van der Waals surface area (Å²) < 4.78 is 68.5. The molecular weight excluding hydrogens is 1250 g/mol. The molecule has 0 fully saturated rings. The second-order valence-corrected chi connectivity index (χ2v) is 30.8. The lowest BCUT2D eigenvalue weighted by Crippen LogP contribution is -2.30. The minimum Gasteiger partial charge on any atom is -0.462 e. The minimum absolute atomic E-state index is 0.108. The Morgan fingerprint density at radius 2 is 0.484 bits per heavy atom. The summed E-state index contributed by atoms with van der Waals surface area (Å²) >= 11 is 0. The molecule has 564 valence electrons. The zero-order valence-electron chi connectivity index (χ0n) is 61.8. The van der Waals surface area contributed by atoms with Gasteiger partial charge in [0.15, 0.2) is 12.2 Å². The lowest BCUT2D eigenvalue weighted by Gasteiger charge is -2.21. The van der Waals surface area contributed by atoms with Crippen LogP contribution in [0.4, 0.5) is 0 Å². The van der Waals surface area contributed by atoms with Gasteiger partial charge in [-0.2, -0.15) is 0 Å². The van der Waals surface area contributed by atoms with E-state index in [0.717, 1.165) is 102 Å². The van der Waals surface area contributed by atoms with Crippen LogP contribution < -0.4 is 0 Å². The zero-order valence-corrected chi connectivity index (χ0v) is 63.6. The highest BCUT2D eigenvalue weighted by molar-refractivity contribution is 7.47. The van der Waals surface area contributed by atoms with Crippen molar-refractivity contribution in [2.75, 3.05) is 39.6 Å². The summed E-state index contributed by atoms with van der Waals surface area (Å²) in [5, 5.41) is 10.6. The number of aliphatic hydroxyl groups is 1. The zero-order chi connectivity index (χ0) is 69.8. The van der Waals surface area contributed by atoms with Crippen LogP contribution in [-0.2, 0) is 65.4 Å². The topological polar surface area (TPSA) is 237 Å². The van der Waals surface area contributed by atoms with Crippen molar-refractivity contribution in [1.82, 2.24) is 0 Å². The van der Waals surface area contributed by atoms with E-state index in [4.69, 9.17) is 37.0 Å². The standard InChI is InChI=1S/C76H148O17P2/c1-6-9-12-15-18-21-23-25-27-28-33-36-40-45-50-55-60-74(79)87-66-72(93-76(81)62-57-52-47-42-38-34-30-29-31-35-39-43-48-53-58-69(4)5)68-91-95(84,85)89-64-70(77)63-88-94(82,83)90-67-71(65-86-73(78)59-54-49-44-20-17-14-11-8-3)92-75(80)61-56-51-46-41-37-32-26-24-22-19-16-13-10-7-2/h69-72,77H,6-68H2,1-5H3,(H,82,83)(H,84,85)/t70-,71+,72+/m0/s1. The number of phosphoric acid groups is 2. The van der Waals surface area contributed by atoms with Crippen molar-refractivity contribution in [3.05, 3.63) is 0 Å². The maximum Gasteiger partial charge on any atom is 0.472 e. The van der Waals surface area contributed by atoms with Gasteiger partial charge >= 0.3 is 39.5 Å². The van der Waals surface area contributed by atoms with Crippen LogP contribution >= 0.6 is 15.6 Å². The van der Waals surface area contributed by atoms with Gasteiger partial charge in [-0.05, 0) is 31.6 Å². The molecule has 0 spiro atoms. The average Bonchev–Trinajstić information content (AvgIpc) is 2.06. The molecule has 0 aromatic carbocycles. The molecule has 3 N–H and O–H groups in total. The summed E-state index contributed by atoms with van der Waals surface area (Å²) in [4.78, 5) is 72.7. The highest BCUT2D eigenvalue weighted by atomic mass is 31.2. The van der Waals surface area contributed by atoms with Crippen LogP contribution in [0.2, 0.25) is 0 Å². The molecular formula is C76H148O17P2. The molecule has 5 atom stereocenters. The number of hydrogen-bond acceptors (Lipinski definition) is 15. The molecule has 0 radical (unpaired) electrons. The third kappa shape index (κ3) is 70.3. The molecule has 2 unspecified atom stereocenters. The quantitative estimate of drug-likeness (QED) is 0.0222. The SMILES string of the molecule is CCCCCCCCCCCCCCCCCCC(=O)OC[C@H](COP(=O)(O)OC[C@@H](O)COP(=O)(O)OC[C@@H](COC(=O)CCCCCCCCCC)OC(=O)CCCCCCCCCCCCCCCC)OC(=O)CCCCCCCCCCCCCCCCC(C)C. The van der Waals surface area contributed by atoms with Crippen LogP contribution in [0.3, 0.4) is 0 Å². The smallest absolute Gasteiger partial charge is 0.462 e. The summed E-state index contributed by atoms with van der Waals surface area (Å²) in [7, 11) is -9.91. The molecule has 0 aromatic heterocycles. The minimum atomic E-state index is -4.96. The van der Waals surface area contributed by atoms with Crippen molar-refractivity contribution in [2.24, 2.45) is 5.92 Å². The number of aliphatic hydroxyl groups excluding tert-OH is 1. The van der Waals surface area contributed by atoms with Crippen molar-refractivity contribution < 1.29 is 80.2 Å². The van der Waals surface area contributed by atoms with Crippen molar-refractivity contribution in [3.8, 4) is 0 Å². The Kier molecular flexibility index (Phi) is 67.7. The van der Waals surface area contributed by atoms with E-state index in [9.17, 15) is 43.2 Å². The number of carbonyl (C=O) groups excluding carboxylic acids is 4. The van der Waals surface area contributed by atoms with E-state index in [1.165, 1.54) is 218 Å². The monoisotopic (exact) mass is 1400 g/mol. The third-order valence-electron chi connectivity index (χ3n) is 17.8. The summed E-state index contributed by atoms with van der Waals surface area (Å²) in [6.45, 7) is 7.30. The van der Waals surface area contributed by atoms with Crippen molar-refractivity contribution >= 4 is 39.5 Å². The Morgan fingerprint density at radius 1 is 0.284 bits per heavy atom. The highest BCUT2D eigenvalue weighted by Gasteiger charge is 2.30. The first-order chi connectivity index (χ1) is 46.0. The number of carbonyl (C=O) groups is 4. The fourth-order valence-corrected chi connectivity index (χ4v) is 13.3. The first kappa shape index (κ1) is 93.1. The van der Waals surface area contributed by atoms with Crippen LogP contribution in [0.5, 0.6) is 0 Å². The van der Waals surface area contributed by atoms with E-state index in [2.05, 4.69) is 34.6 Å². The fraction of sp³-hybridized carbons (Fsp3) is 0.947. The van der Waals surface area contributed by atoms with Crippen LogP contribution in [0, 0.1) is 5.92 Å². The maximum atomic E-state index is 13.1. The predicted molar refractivity (Wildman–Crippen MR) is 386 cm³/mol. The number of esters is 4. The molecule has 0 saturated heterocycles. The number of ether oxygens (including phenoxy) is 4. The van der Waals surface area contributed by atoms with E-state index in [0.29, 0.717) is 25.7 Å².